The van der Waals surface area contributed by atoms with Crippen LogP contribution < -0.4 is 4.90 Å². The van der Waals surface area contributed by atoms with Crippen molar-refractivity contribution in [2.45, 2.75) is 19.4 Å². The molecule has 2 unspecified atom stereocenters. The molecule has 0 spiro atoms. The fourth-order valence-electron chi connectivity index (χ4n) is 2.51. The number of hydrogen-bond acceptors (Lipinski definition) is 5. The van der Waals surface area contributed by atoms with Gasteiger partial charge in [0.05, 0.1) is 0 Å². The normalized spacial score (nSPS) is 23.7. The maximum atomic E-state index is 11.4. The molecule has 0 amide bonds. The Balaban J connectivity index is 2.09. The van der Waals surface area contributed by atoms with Gasteiger partial charge in [0.25, 0.3) is 0 Å². The van der Waals surface area contributed by atoms with E-state index in [0.717, 1.165) is 6.42 Å². The van der Waals surface area contributed by atoms with E-state index in [4.69, 9.17) is 0 Å². The standard InChI is InChI=1S/C11H13N5O2/c1-7-2-4-16(8(7)11(17)18)9-10-14-13-6-15(10)5-3-12-9/h3,5-8H,2,4H2,1H3,(H,17,18). The Bertz CT molecular complexity index is 596. The molecule has 1 fully saturated rings. The molecule has 1 saturated heterocycles. The van der Waals surface area contributed by atoms with Crippen molar-refractivity contribution in [1.29, 1.82) is 0 Å². The highest BCUT2D eigenvalue weighted by atomic mass is 16.4. The molecule has 2 aromatic heterocycles. The highest BCUT2D eigenvalue weighted by molar-refractivity contribution is 5.81. The average molecular weight is 247 g/mol. The fourth-order valence-corrected chi connectivity index (χ4v) is 2.51. The van der Waals surface area contributed by atoms with Gasteiger partial charge in [-0.25, -0.2) is 9.78 Å². The SMILES string of the molecule is CC1CCN(c2nccn3cnnc23)C1C(=O)O. The Morgan fingerprint density at radius 1 is 1.56 bits per heavy atom. The summed E-state index contributed by atoms with van der Waals surface area (Å²) in [4.78, 5) is 17.4. The molecule has 0 aromatic carbocycles. The van der Waals surface area contributed by atoms with Gasteiger partial charge in [-0.3, -0.25) is 4.40 Å². The third-order valence-electron chi connectivity index (χ3n) is 3.42. The minimum atomic E-state index is -0.816. The number of carboxylic acids is 1. The average Bonchev–Trinajstić information content (AvgIpc) is 2.94. The maximum Gasteiger partial charge on any atom is 0.326 e. The number of rotatable bonds is 2. The van der Waals surface area contributed by atoms with Crippen LogP contribution in [0, 0.1) is 5.92 Å². The smallest absolute Gasteiger partial charge is 0.326 e. The van der Waals surface area contributed by atoms with Crippen molar-refractivity contribution in [3.63, 3.8) is 0 Å². The molecule has 3 rings (SSSR count). The van der Waals surface area contributed by atoms with Crippen LogP contribution in [0.1, 0.15) is 13.3 Å². The van der Waals surface area contributed by atoms with E-state index in [0.29, 0.717) is 18.0 Å². The molecule has 0 bridgehead atoms. The summed E-state index contributed by atoms with van der Waals surface area (Å²) in [5, 5.41) is 17.1. The largest absolute Gasteiger partial charge is 0.480 e. The maximum absolute atomic E-state index is 11.4. The van der Waals surface area contributed by atoms with Crippen molar-refractivity contribution in [1.82, 2.24) is 19.6 Å². The molecule has 7 heteroatoms. The number of carbonyl (C=O) groups is 1. The monoisotopic (exact) mass is 247 g/mol. The zero-order chi connectivity index (χ0) is 12.7. The van der Waals surface area contributed by atoms with Gasteiger partial charge in [-0.15, -0.1) is 10.2 Å². The van der Waals surface area contributed by atoms with Gasteiger partial charge >= 0.3 is 5.97 Å². The van der Waals surface area contributed by atoms with Gasteiger partial charge in [0.15, 0.2) is 5.82 Å². The molecule has 2 atom stereocenters. The lowest BCUT2D eigenvalue weighted by molar-refractivity contribution is -0.139. The van der Waals surface area contributed by atoms with Crippen molar-refractivity contribution in [2.75, 3.05) is 11.4 Å². The first-order valence-electron chi connectivity index (χ1n) is 5.82. The molecule has 0 radical (unpaired) electrons. The summed E-state index contributed by atoms with van der Waals surface area (Å²) in [6.07, 6.45) is 5.80. The summed E-state index contributed by atoms with van der Waals surface area (Å²) in [5.41, 5.74) is 0.595. The molecule has 1 aliphatic heterocycles. The molecule has 3 heterocycles. The van der Waals surface area contributed by atoms with E-state index in [9.17, 15) is 9.90 Å². The van der Waals surface area contributed by atoms with Gasteiger partial charge in [-0.05, 0) is 12.3 Å². The van der Waals surface area contributed by atoms with Crippen LogP contribution in [0.4, 0.5) is 5.82 Å². The van der Waals surface area contributed by atoms with Gasteiger partial charge in [0.1, 0.15) is 12.4 Å². The van der Waals surface area contributed by atoms with Gasteiger partial charge in [0.2, 0.25) is 5.65 Å². The predicted octanol–water partition coefficient (Wildman–Crippen LogP) is 0.424. The minimum Gasteiger partial charge on any atom is -0.480 e. The number of anilines is 1. The number of hydrogen-bond donors (Lipinski definition) is 1. The summed E-state index contributed by atoms with van der Waals surface area (Å²) < 4.78 is 1.74. The van der Waals surface area contributed by atoms with E-state index in [-0.39, 0.29) is 5.92 Å². The van der Waals surface area contributed by atoms with E-state index in [2.05, 4.69) is 15.2 Å². The first-order valence-corrected chi connectivity index (χ1v) is 5.82. The third-order valence-corrected chi connectivity index (χ3v) is 3.42. The van der Waals surface area contributed by atoms with Crippen LogP contribution in [0.5, 0.6) is 0 Å². The summed E-state index contributed by atoms with van der Waals surface area (Å²) >= 11 is 0. The topological polar surface area (TPSA) is 83.6 Å². The first-order chi connectivity index (χ1) is 8.68. The number of carboxylic acid groups (broad SMARTS) is 1. The molecule has 1 aliphatic rings. The van der Waals surface area contributed by atoms with Crippen LogP contribution in [-0.2, 0) is 4.79 Å². The van der Waals surface area contributed by atoms with Crippen molar-refractivity contribution in [2.24, 2.45) is 5.92 Å². The molecular formula is C11H13N5O2. The Kier molecular flexibility index (Phi) is 2.39. The Labute approximate surface area is 103 Å². The van der Waals surface area contributed by atoms with Crippen molar-refractivity contribution in [3.05, 3.63) is 18.7 Å². The lowest BCUT2D eigenvalue weighted by Crippen LogP contribution is -2.39. The van der Waals surface area contributed by atoms with Gasteiger partial charge in [0, 0.05) is 18.9 Å². The quantitative estimate of drug-likeness (QED) is 0.828. The molecule has 1 N–H and O–H groups in total. The second kappa shape index (κ2) is 3.94. The Morgan fingerprint density at radius 2 is 2.39 bits per heavy atom. The lowest BCUT2D eigenvalue weighted by Gasteiger charge is -2.24. The molecule has 7 nitrogen and oxygen atoms in total. The first kappa shape index (κ1) is 10.9. The van der Waals surface area contributed by atoms with Crippen LogP contribution in [0.15, 0.2) is 18.7 Å². The Hall–Kier alpha value is -2.18. The van der Waals surface area contributed by atoms with Crippen molar-refractivity contribution >= 4 is 17.4 Å². The molecule has 94 valence electrons. The third kappa shape index (κ3) is 1.51. The number of nitrogens with zero attached hydrogens (tertiary/aromatic N) is 5. The van der Waals surface area contributed by atoms with Gasteiger partial charge in [-0.1, -0.05) is 6.92 Å². The zero-order valence-corrected chi connectivity index (χ0v) is 9.89. The summed E-state index contributed by atoms with van der Waals surface area (Å²) in [7, 11) is 0. The van der Waals surface area contributed by atoms with Crippen LogP contribution in [0.3, 0.4) is 0 Å². The van der Waals surface area contributed by atoms with Crippen molar-refractivity contribution < 1.29 is 9.90 Å². The van der Waals surface area contributed by atoms with E-state index in [1.165, 1.54) is 0 Å². The molecule has 18 heavy (non-hydrogen) atoms. The molecule has 0 saturated carbocycles. The van der Waals surface area contributed by atoms with Crippen LogP contribution in [-0.4, -0.2) is 43.2 Å². The van der Waals surface area contributed by atoms with E-state index < -0.39 is 12.0 Å². The molecule has 2 aromatic rings. The van der Waals surface area contributed by atoms with Gasteiger partial charge < -0.3 is 10.0 Å². The van der Waals surface area contributed by atoms with Crippen molar-refractivity contribution in [3.8, 4) is 0 Å². The summed E-state index contributed by atoms with van der Waals surface area (Å²) in [6, 6.07) is -0.541. The van der Waals surface area contributed by atoms with E-state index >= 15 is 0 Å². The van der Waals surface area contributed by atoms with E-state index in [1.807, 2.05) is 6.92 Å². The summed E-state index contributed by atoms with van der Waals surface area (Å²) in [6.45, 7) is 2.63. The highest BCUT2D eigenvalue weighted by Crippen LogP contribution is 2.30. The zero-order valence-electron chi connectivity index (χ0n) is 9.89. The van der Waals surface area contributed by atoms with Crippen LogP contribution in [0.25, 0.3) is 5.65 Å². The van der Waals surface area contributed by atoms with Crippen LogP contribution in [0.2, 0.25) is 0 Å². The Morgan fingerprint density at radius 3 is 3.17 bits per heavy atom. The highest BCUT2D eigenvalue weighted by Gasteiger charge is 2.38. The van der Waals surface area contributed by atoms with Crippen LogP contribution >= 0.6 is 0 Å². The van der Waals surface area contributed by atoms with Gasteiger partial charge in [-0.2, -0.15) is 0 Å². The fraction of sp³-hybridized carbons (Fsp3) is 0.455. The second-order valence-corrected chi connectivity index (χ2v) is 4.56. The predicted molar refractivity (Wildman–Crippen MR) is 63.3 cm³/mol. The summed E-state index contributed by atoms with van der Waals surface area (Å²) in [5.74, 6) is -0.123. The van der Waals surface area contributed by atoms with E-state index in [1.54, 1.807) is 28.0 Å². The lowest BCUT2D eigenvalue weighted by atomic mass is 10.0. The minimum absolute atomic E-state index is 0.104. The molecular weight excluding hydrogens is 234 g/mol. The molecule has 0 aliphatic carbocycles. The number of aliphatic carboxylic acids is 1. The number of aromatic nitrogens is 4. The second-order valence-electron chi connectivity index (χ2n) is 4.56. The number of fused-ring (bicyclic) bond motifs is 1.